The van der Waals surface area contributed by atoms with E-state index in [4.69, 9.17) is 10.5 Å². The molecule has 0 fully saturated rings. The van der Waals surface area contributed by atoms with E-state index in [-0.39, 0.29) is 18.5 Å². The highest BCUT2D eigenvalue weighted by molar-refractivity contribution is 5.97. The van der Waals surface area contributed by atoms with Crippen LogP contribution in [0.1, 0.15) is 35.3 Å². The van der Waals surface area contributed by atoms with E-state index in [9.17, 15) is 4.79 Å². The molecule has 1 aromatic carbocycles. The summed E-state index contributed by atoms with van der Waals surface area (Å²) in [5.74, 6) is 5.59. The van der Waals surface area contributed by atoms with Crippen molar-refractivity contribution in [3.05, 3.63) is 34.9 Å². The van der Waals surface area contributed by atoms with E-state index in [0.29, 0.717) is 24.3 Å². The summed E-state index contributed by atoms with van der Waals surface area (Å²) in [5, 5.41) is 2.90. The first-order valence-corrected chi connectivity index (χ1v) is 6.76. The standard InChI is InChI=1S/C16H22N2O2/c1-4-20-11-13(3)18-16(19)15-8-7-12(2)10-14(15)6-5-9-17/h7-8,10,13H,4,9,11,17H2,1-3H3,(H,18,19). The molecule has 1 rings (SSSR count). The van der Waals surface area contributed by atoms with E-state index in [1.807, 2.05) is 32.9 Å². The summed E-state index contributed by atoms with van der Waals surface area (Å²) in [5.41, 5.74) is 7.72. The van der Waals surface area contributed by atoms with Gasteiger partial charge in [-0.25, -0.2) is 0 Å². The van der Waals surface area contributed by atoms with Crippen LogP contribution in [0.3, 0.4) is 0 Å². The van der Waals surface area contributed by atoms with Gasteiger partial charge in [0, 0.05) is 18.2 Å². The molecular formula is C16H22N2O2. The molecule has 0 radical (unpaired) electrons. The normalized spacial score (nSPS) is 11.4. The average molecular weight is 274 g/mol. The zero-order valence-corrected chi connectivity index (χ0v) is 12.3. The molecule has 0 heterocycles. The van der Waals surface area contributed by atoms with Crippen molar-refractivity contribution in [3.8, 4) is 11.8 Å². The van der Waals surface area contributed by atoms with Crippen molar-refractivity contribution in [2.75, 3.05) is 19.8 Å². The Labute approximate surface area is 120 Å². The first-order chi connectivity index (χ1) is 9.58. The minimum Gasteiger partial charge on any atom is -0.380 e. The molecule has 1 amide bonds. The van der Waals surface area contributed by atoms with E-state index in [1.165, 1.54) is 0 Å². The van der Waals surface area contributed by atoms with Crippen LogP contribution in [-0.4, -0.2) is 31.7 Å². The predicted molar refractivity (Wildman–Crippen MR) is 80.5 cm³/mol. The number of amides is 1. The van der Waals surface area contributed by atoms with Crippen molar-refractivity contribution in [1.29, 1.82) is 0 Å². The van der Waals surface area contributed by atoms with Gasteiger partial charge in [-0.05, 0) is 38.5 Å². The first-order valence-electron chi connectivity index (χ1n) is 6.76. The molecule has 0 saturated heterocycles. The quantitative estimate of drug-likeness (QED) is 0.799. The van der Waals surface area contributed by atoms with Gasteiger partial charge in [-0.2, -0.15) is 0 Å². The van der Waals surface area contributed by atoms with Gasteiger partial charge < -0.3 is 15.8 Å². The molecule has 0 aromatic heterocycles. The van der Waals surface area contributed by atoms with Gasteiger partial charge in [-0.3, -0.25) is 4.79 Å². The largest absolute Gasteiger partial charge is 0.380 e. The van der Waals surface area contributed by atoms with Crippen LogP contribution in [0.4, 0.5) is 0 Å². The molecule has 1 atom stereocenters. The second-order valence-electron chi connectivity index (χ2n) is 4.59. The third-order valence-corrected chi connectivity index (χ3v) is 2.69. The predicted octanol–water partition coefficient (Wildman–Crippen LogP) is 1.46. The first kappa shape index (κ1) is 16.2. The smallest absolute Gasteiger partial charge is 0.252 e. The minimum atomic E-state index is -0.140. The number of rotatable bonds is 5. The molecule has 0 spiro atoms. The summed E-state index contributed by atoms with van der Waals surface area (Å²) >= 11 is 0. The van der Waals surface area contributed by atoms with Crippen LogP contribution in [0.2, 0.25) is 0 Å². The molecule has 0 bridgehead atoms. The van der Waals surface area contributed by atoms with Crippen LogP contribution in [0.15, 0.2) is 18.2 Å². The van der Waals surface area contributed by atoms with Crippen LogP contribution >= 0.6 is 0 Å². The molecule has 0 saturated carbocycles. The molecule has 0 aliphatic heterocycles. The van der Waals surface area contributed by atoms with Crippen LogP contribution in [0.25, 0.3) is 0 Å². The van der Waals surface area contributed by atoms with Crippen LogP contribution in [-0.2, 0) is 4.74 Å². The topological polar surface area (TPSA) is 64.3 Å². The fourth-order valence-corrected chi connectivity index (χ4v) is 1.74. The highest BCUT2D eigenvalue weighted by Gasteiger charge is 2.13. The summed E-state index contributed by atoms with van der Waals surface area (Å²) in [6.07, 6.45) is 0. The summed E-state index contributed by atoms with van der Waals surface area (Å²) in [6, 6.07) is 5.54. The van der Waals surface area contributed by atoms with E-state index in [0.717, 1.165) is 5.56 Å². The molecule has 4 heteroatoms. The van der Waals surface area contributed by atoms with Crippen LogP contribution in [0, 0.1) is 18.8 Å². The lowest BCUT2D eigenvalue weighted by molar-refractivity contribution is 0.0872. The van der Waals surface area contributed by atoms with Gasteiger partial charge in [-0.1, -0.05) is 17.9 Å². The maximum absolute atomic E-state index is 12.2. The number of carbonyl (C=O) groups excluding carboxylic acids is 1. The van der Waals surface area contributed by atoms with E-state index in [2.05, 4.69) is 17.2 Å². The van der Waals surface area contributed by atoms with Crippen molar-refractivity contribution in [3.63, 3.8) is 0 Å². The highest BCUT2D eigenvalue weighted by atomic mass is 16.5. The lowest BCUT2D eigenvalue weighted by Crippen LogP contribution is -2.36. The number of hydrogen-bond donors (Lipinski definition) is 2. The summed E-state index contributed by atoms with van der Waals surface area (Å²) in [4.78, 5) is 12.2. The monoisotopic (exact) mass is 274 g/mol. The third-order valence-electron chi connectivity index (χ3n) is 2.69. The molecule has 4 nitrogen and oxygen atoms in total. The van der Waals surface area contributed by atoms with E-state index < -0.39 is 0 Å². The fourth-order valence-electron chi connectivity index (χ4n) is 1.74. The average Bonchev–Trinajstić information content (AvgIpc) is 2.42. The van der Waals surface area contributed by atoms with Crippen LogP contribution in [0.5, 0.6) is 0 Å². The zero-order chi connectivity index (χ0) is 15.0. The van der Waals surface area contributed by atoms with Crippen molar-refractivity contribution in [2.45, 2.75) is 26.8 Å². The van der Waals surface area contributed by atoms with E-state index >= 15 is 0 Å². The van der Waals surface area contributed by atoms with Gasteiger partial charge in [0.15, 0.2) is 0 Å². The number of nitrogens with one attached hydrogen (secondary N) is 1. The number of benzene rings is 1. The van der Waals surface area contributed by atoms with Gasteiger partial charge in [0.2, 0.25) is 0 Å². The molecule has 0 aliphatic rings. The molecule has 3 N–H and O–H groups in total. The van der Waals surface area contributed by atoms with Crippen molar-refractivity contribution in [2.24, 2.45) is 5.73 Å². The van der Waals surface area contributed by atoms with Crippen molar-refractivity contribution < 1.29 is 9.53 Å². The molecule has 108 valence electrons. The lowest BCUT2D eigenvalue weighted by Gasteiger charge is -2.14. The van der Waals surface area contributed by atoms with Crippen molar-refractivity contribution in [1.82, 2.24) is 5.32 Å². The molecular weight excluding hydrogens is 252 g/mol. The van der Waals surface area contributed by atoms with E-state index in [1.54, 1.807) is 6.07 Å². The van der Waals surface area contributed by atoms with Gasteiger partial charge in [-0.15, -0.1) is 0 Å². The Morgan fingerprint density at radius 1 is 1.50 bits per heavy atom. The van der Waals surface area contributed by atoms with Gasteiger partial charge in [0.05, 0.1) is 18.7 Å². The number of carbonyl (C=O) groups is 1. The fraction of sp³-hybridized carbons (Fsp3) is 0.438. The molecule has 1 aromatic rings. The molecule has 1 unspecified atom stereocenters. The second-order valence-corrected chi connectivity index (χ2v) is 4.59. The summed E-state index contributed by atoms with van der Waals surface area (Å²) in [6.45, 7) is 7.21. The number of hydrogen-bond acceptors (Lipinski definition) is 3. The Morgan fingerprint density at radius 2 is 2.25 bits per heavy atom. The van der Waals surface area contributed by atoms with Gasteiger partial charge in [0.25, 0.3) is 5.91 Å². The highest BCUT2D eigenvalue weighted by Crippen LogP contribution is 2.11. The maximum Gasteiger partial charge on any atom is 0.252 e. The third kappa shape index (κ3) is 5.04. The Morgan fingerprint density at radius 3 is 2.90 bits per heavy atom. The summed E-state index contributed by atoms with van der Waals surface area (Å²) < 4.78 is 5.29. The summed E-state index contributed by atoms with van der Waals surface area (Å²) in [7, 11) is 0. The Hall–Kier alpha value is -1.83. The van der Waals surface area contributed by atoms with Crippen LogP contribution < -0.4 is 11.1 Å². The number of aryl methyl sites for hydroxylation is 1. The SMILES string of the molecule is CCOCC(C)NC(=O)c1ccc(C)cc1C#CCN. The number of nitrogens with two attached hydrogens (primary N) is 1. The second kappa shape index (κ2) is 8.36. The van der Waals surface area contributed by atoms with Crippen molar-refractivity contribution >= 4 is 5.91 Å². The maximum atomic E-state index is 12.2. The number of ether oxygens (including phenoxy) is 1. The molecule has 20 heavy (non-hydrogen) atoms. The van der Waals surface area contributed by atoms with Gasteiger partial charge in [0.1, 0.15) is 0 Å². The Balaban J connectivity index is 2.86. The zero-order valence-electron chi connectivity index (χ0n) is 12.3. The molecule has 0 aliphatic carbocycles. The minimum absolute atomic E-state index is 0.0425. The Bertz CT molecular complexity index is 515. The Kier molecular flexibility index (Phi) is 6.78. The lowest BCUT2D eigenvalue weighted by atomic mass is 10.0. The van der Waals surface area contributed by atoms with Gasteiger partial charge >= 0.3 is 0 Å².